The third kappa shape index (κ3) is 4.10. The lowest BCUT2D eigenvalue weighted by Crippen LogP contribution is -2.47. The molecule has 25 heavy (non-hydrogen) atoms. The molecule has 0 spiro atoms. The minimum atomic E-state index is -0.0839. The number of piperidine rings is 1. The van der Waals surface area contributed by atoms with Gasteiger partial charge in [0.1, 0.15) is 5.75 Å². The average Bonchev–Trinajstić information content (AvgIpc) is 2.63. The molecule has 2 aliphatic heterocycles. The topological polar surface area (TPSA) is 83.0 Å². The first-order valence-corrected chi connectivity index (χ1v) is 8.71. The Morgan fingerprint density at radius 3 is 2.80 bits per heavy atom. The van der Waals surface area contributed by atoms with Crippen molar-refractivity contribution in [3.05, 3.63) is 29.8 Å². The average molecular weight is 344 g/mol. The molecule has 2 aliphatic rings. The molecule has 0 radical (unpaired) electrons. The van der Waals surface area contributed by atoms with Crippen LogP contribution in [0.1, 0.15) is 37.3 Å². The number of likely N-dealkylation sites (tertiary alicyclic amines) is 1. The summed E-state index contributed by atoms with van der Waals surface area (Å²) in [6.07, 6.45) is 2.42. The largest absolute Gasteiger partial charge is 0.493 e. The number of ether oxygens (including phenoxy) is 1. The van der Waals surface area contributed by atoms with Gasteiger partial charge in [-0.3, -0.25) is 19.5 Å². The number of aliphatic imine (C=N–C) groups is 1. The van der Waals surface area contributed by atoms with Gasteiger partial charge in [-0.2, -0.15) is 0 Å². The SMILES string of the molecule is CN=C(NCCN1C(=O)CCCC1=O)NC1CCOc2ccccc21. The zero-order valence-electron chi connectivity index (χ0n) is 14.5. The van der Waals surface area contributed by atoms with Gasteiger partial charge in [-0.05, 0) is 12.5 Å². The number of carbonyl (C=O) groups is 2. The van der Waals surface area contributed by atoms with Crippen molar-refractivity contribution in [2.75, 3.05) is 26.7 Å². The molecule has 1 fully saturated rings. The number of amides is 2. The highest BCUT2D eigenvalue weighted by atomic mass is 16.5. The Hall–Kier alpha value is -2.57. The zero-order chi connectivity index (χ0) is 17.6. The van der Waals surface area contributed by atoms with Crippen LogP contribution in [0.3, 0.4) is 0 Å². The number of guanidine groups is 1. The molecule has 2 N–H and O–H groups in total. The standard InChI is InChI=1S/C18H24N4O3/c1-19-18(20-10-11-22-16(23)7-4-8-17(22)24)21-14-9-12-25-15-6-3-2-5-13(14)15/h2-3,5-6,14H,4,7-12H2,1H3,(H2,19,20,21). The summed E-state index contributed by atoms with van der Waals surface area (Å²) in [5.41, 5.74) is 1.11. The summed E-state index contributed by atoms with van der Waals surface area (Å²) in [6, 6.07) is 8.08. The molecule has 1 saturated heterocycles. The number of benzene rings is 1. The Morgan fingerprint density at radius 1 is 1.28 bits per heavy atom. The molecule has 7 nitrogen and oxygen atoms in total. The third-order valence-electron chi connectivity index (χ3n) is 4.50. The summed E-state index contributed by atoms with van der Waals surface area (Å²) in [5, 5.41) is 6.58. The Kier molecular flexibility index (Phi) is 5.53. The summed E-state index contributed by atoms with van der Waals surface area (Å²) < 4.78 is 5.67. The monoisotopic (exact) mass is 344 g/mol. The van der Waals surface area contributed by atoms with E-state index in [9.17, 15) is 9.59 Å². The first-order chi connectivity index (χ1) is 12.2. The molecule has 7 heteroatoms. The zero-order valence-corrected chi connectivity index (χ0v) is 14.5. The Bertz CT molecular complexity index is 658. The normalized spacial score (nSPS) is 20.8. The highest BCUT2D eigenvalue weighted by Crippen LogP contribution is 2.31. The van der Waals surface area contributed by atoms with Crippen LogP contribution in [0.4, 0.5) is 0 Å². The van der Waals surface area contributed by atoms with Crippen molar-refractivity contribution >= 4 is 17.8 Å². The van der Waals surface area contributed by atoms with E-state index < -0.39 is 0 Å². The Balaban J connectivity index is 1.54. The summed E-state index contributed by atoms with van der Waals surface area (Å²) in [4.78, 5) is 29.2. The Morgan fingerprint density at radius 2 is 2.04 bits per heavy atom. The Labute approximate surface area is 147 Å². The van der Waals surface area contributed by atoms with Crippen LogP contribution in [0, 0.1) is 0 Å². The molecule has 0 bridgehead atoms. The second-order valence-corrected chi connectivity index (χ2v) is 6.16. The van der Waals surface area contributed by atoms with Crippen molar-refractivity contribution in [3.8, 4) is 5.75 Å². The molecule has 0 aromatic heterocycles. The highest BCUT2D eigenvalue weighted by Gasteiger charge is 2.25. The number of nitrogens with one attached hydrogen (secondary N) is 2. The predicted molar refractivity (Wildman–Crippen MR) is 94.4 cm³/mol. The van der Waals surface area contributed by atoms with Crippen LogP contribution < -0.4 is 15.4 Å². The molecule has 3 rings (SSSR count). The van der Waals surface area contributed by atoms with Gasteiger partial charge in [-0.25, -0.2) is 0 Å². The van der Waals surface area contributed by atoms with Crippen LogP contribution in [0.2, 0.25) is 0 Å². The van der Waals surface area contributed by atoms with Crippen LogP contribution in [-0.2, 0) is 9.59 Å². The van der Waals surface area contributed by atoms with Gasteiger partial charge in [0.15, 0.2) is 5.96 Å². The van der Waals surface area contributed by atoms with Gasteiger partial charge < -0.3 is 15.4 Å². The number of rotatable bonds is 4. The van der Waals surface area contributed by atoms with E-state index >= 15 is 0 Å². The predicted octanol–water partition coefficient (Wildman–Crippen LogP) is 1.21. The van der Waals surface area contributed by atoms with E-state index in [4.69, 9.17) is 4.74 Å². The minimum Gasteiger partial charge on any atom is -0.493 e. The van der Waals surface area contributed by atoms with Gasteiger partial charge in [0.05, 0.1) is 12.6 Å². The second-order valence-electron chi connectivity index (χ2n) is 6.16. The van der Waals surface area contributed by atoms with Gasteiger partial charge in [0, 0.05) is 45.0 Å². The van der Waals surface area contributed by atoms with Crippen molar-refractivity contribution in [2.24, 2.45) is 4.99 Å². The van der Waals surface area contributed by atoms with Crippen molar-refractivity contribution in [1.29, 1.82) is 0 Å². The summed E-state index contributed by atoms with van der Waals surface area (Å²) in [7, 11) is 1.71. The third-order valence-corrected chi connectivity index (χ3v) is 4.50. The molecule has 2 heterocycles. The van der Waals surface area contributed by atoms with Gasteiger partial charge in [-0.1, -0.05) is 18.2 Å². The maximum atomic E-state index is 11.8. The number of hydrogen-bond acceptors (Lipinski definition) is 4. The molecular weight excluding hydrogens is 320 g/mol. The summed E-state index contributed by atoms with van der Waals surface area (Å²) in [5.74, 6) is 1.38. The molecule has 134 valence electrons. The smallest absolute Gasteiger partial charge is 0.229 e. The quantitative estimate of drug-likeness (QED) is 0.487. The fourth-order valence-corrected chi connectivity index (χ4v) is 3.19. The van der Waals surface area contributed by atoms with Crippen molar-refractivity contribution in [1.82, 2.24) is 15.5 Å². The molecule has 1 unspecified atom stereocenters. The number of nitrogens with zero attached hydrogens (tertiary/aromatic N) is 2. The van der Waals surface area contributed by atoms with Crippen molar-refractivity contribution < 1.29 is 14.3 Å². The summed E-state index contributed by atoms with van der Waals surface area (Å²) in [6.45, 7) is 1.49. The van der Waals surface area contributed by atoms with E-state index in [2.05, 4.69) is 15.6 Å². The van der Waals surface area contributed by atoms with Crippen LogP contribution in [0.15, 0.2) is 29.3 Å². The number of carbonyl (C=O) groups excluding carboxylic acids is 2. The van der Waals surface area contributed by atoms with E-state index in [0.717, 1.165) is 17.7 Å². The molecule has 2 amide bonds. The van der Waals surface area contributed by atoms with Gasteiger partial charge >= 0.3 is 0 Å². The molecule has 0 saturated carbocycles. The van der Waals surface area contributed by atoms with E-state index in [-0.39, 0.29) is 17.9 Å². The molecular formula is C18H24N4O3. The lowest BCUT2D eigenvalue weighted by Gasteiger charge is -2.29. The van der Waals surface area contributed by atoms with Gasteiger partial charge in [0.25, 0.3) is 0 Å². The first-order valence-electron chi connectivity index (χ1n) is 8.71. The maximum Gasteiger partial charge on any atom is 0.229 e. The van der Waals surface area contributed by atoms with Crippen LogP contribution in [0.25, 0.3) is 0 Å². The number of para-hydroxylation sites is 1. The first kappa shape index (κ1) is 17.3. The van der Waals surface area contributed by atoms with Crippen LogP contribution in [0.5, 0.6) is 5.75 Å². The maximum absolute atomic E-state index is 11.8. The molecule has 1 aromatic carbocycles. The van der Waals surface area contributed by atoms with Crippen LogP contribution >= 0.6 is 0 Å². The highest BCUT2D eigenvalue weighted by molar-refractivity contribution is 5.97. The van der Waals surface area contributed by atoms with E-state index in [1.165, 1.54) is 4.90 Å². The van der Waals surface area contributed by atoms with Crippen LogP contribution in [-0.4, -0.2) is 49.4 Å². The second kappa shape index (κ2) is 8.00. The molecule has 0 aliphatic carbocycles. The summed E-state index contributed by atoms with van der Waals surface area (Å²) >= 11 is 0. The van der Waals surface area contributed by atoms with Crippen molar-refractivity contribution in [3.63, 3.8) is 0 Å². The van der Waals surface area contributed by atoms with E-state index in [1.807, 2.05) is 24.3 Å². The molecule has 1 aromatic rings. The fraction of sp³-hybridized carbons (Fsp3) is 0.500. The lowest BCUT2D eigenvalue weighted by molar-refractivity contribution is -0.147. The van der Waals surface area contributed by atoms with Crippen molar-refractivity contribution in [2.45, 2.75) is 31.7 Å². The van der Waals surface area contributed by atoms with E-state index in [1.54, 1.807) is 7.05 Å². The number of hydrogen-bond donors (Lipinski definition) is 2. The fourth-order valence-electron chi connectivity index (χ4n) is 3.19. The molecule has 1 atom stereocenters. The van der Waals surface area contributed by atoms with Gasteiger partial charge in [0.2, 0.25) is 11.8 Å². The van der Waals surface area contributed by atoms with E-state index in [0.29, 0.717) is 44.9 Å². The van der Waals surface area contributed by atoms with Gasteiger partial charge in [-0.15, -0.1) is 0 Å². The minimum absolute atomic E-state index is 0.0839. The number of fused-ring (bicyclic) bond motifs is 1. The number of imide groups is 1. The lowest BCUT2D eigenvalue weighted by atomic mass is 10.0.